The smallest absolute Gasteiger partial charge is 0.425 e. The normalized spacial score (nSPS) is 17.2. The SMILES string of the molecule is Cc1cc(CCC(=O)O)ccc1C1=NC(c2cnc(OC(C)C(F)(F)F)cc2C(F)(F)F)ON1. The molecule has 34 heavy (non-hydrogen) atoms. The van der Waals surface area contributed by atoms with Crippen LogP contribution in [0.2, 0.25) is 0 Å². The van der Waals surface area contributed by atoms with Crippen LogP contribution in [-0.4, -0.2) is 34.2 Å². The van der Waals surface area contributed by atoms with Crippen molar-refractivity contribution in [2.24, 2.45) is 4.99 Å². The highest BCUT2D eigenvalue weighted by Crippen LogP contribution is 2.39. The number of ether oxygens (including phenoxy) is 1. The van der Waals surface area contributed by atoms with E-state index in [1.54, 1.807) is 25.1 Å². The van der Waals surface area contributed by atoms with Gasteiger partial charge in [0.1, 0.15) is 0 Å². The molecule has 2 unspecified atom stereocenters. The molecule has 0 aliphatic carbocycles. The van der Waals surface area contributed by atoms with E-state index in [1.165, 1.54) is 0 Å². The highest BCUT2D eigenvalue weighted by molar-refractivity contribution is 6.00. The van der Waals surface area contributed by atoms with Crippen LogP contribution in [0.25, 0.3) is 0 Å². The minimum atomic E-state index is -4.94. The maximum absolute atomic E-state index is 13.6. The van der Waals surface area contributed by atoms with E-state index in [2.05, 4.69) is 20.2 Å². The second-order valence-electron chi connectivity index (χ2n) is 7.50. The van der Waals surface area contributed by atoms with E-state index in [9.17, 15) is 31.1 Å². The fraction of sp³-hybridized carbons (Fsp3) is 0.381. The second kappa shape index (κ2) is 9.49. The molecule has 0 bridgehead atoms. The van der Waals surface area contributed by atoms with Gasteiger partial charge in [-0.1, -0.05) is 18.2 Å². The molecule has 2 heterocycles. The summed E-state index contributed by atoms with van der Waals surface area (Å²) in [6.45, 7) is 2.37. The third-order valence-electron chi connectivity index (χ3n) is 4.93. The van der Waals surface area contributed by atoms with Crippen molar-refractivity contribution in [3.05, 3.63) is 58.3 Å². The van der Waals surface area contributed by atoms with Crippen molar-refractivity contribution >= 4 is 11.8 Å². The minimum Gasteiger partial charge on any atom is -0.481 e. The number of hydrogen-bond donors (Lipinski definition) is 2. The Morgan fingerprint density at radius 2 is 1.94 bits per heavy atom. The van der Waals surface area contributed by atoms with E-state index in [0.29, 0.717) is 36.7 Å². The molecule has 2 atom stereocenters. The van der Waals surface area contributed by atoms with Crippen molar-refractivity contribution in [1.29, 1.82) is 0 Å². The molecule has 2 N–H and O–H groups in total. The van der Waals surface area contributed by atoms with Crippen molar-refractivity contribution < 1.29 is 45.8 Å². The number of carbonyl (C=O) groups is 1. The lowest BCUT2D eigenvalue weighted by Crippen LogP contribution is -2.31. The lowest BCUT2D eigenvalue weighted by atomic mass is 10.0. The third-order valence-corrected chi connectivity index (χ3v) is 4.93. The lowest BCUT2D eigenvalue weighted by Gasteiger charge is -2.19. The predicted octanol–water partition coefficient (Wildman–Crippen LogP) is 4.74. The molecule has 0 saturated carbocycles. The van der Waals surface area contributed by atoms with E-state index in [-0.39, 0.29) is 12.3 Å². The van der Waals surface area contributed by atoms with Gasteiger partial charge in [0.2, 0.25) is 12.1 Å². The first-order valence-electron chi connectivity index (χ1n) is 9.87. The molecule has 0 amide bonds. The maximum Gasteiger partial charge on any atom is 0.425 e. The minimum absolute atomic E-state index is 0.0577. The Balaban J connectivity index is 1.88. The molecule has 2 aromatic rings. The Morgan fingerprint density at radius 3 is 2.53 bits per heavy atom. The molecular weight excluding hydrogens is 472 g/mol. The number of alkyl halides is 6. The Kier molecular flexibility index (Phi) is 7.05. The van der Waals surface area contributed by atoms with Gasteiger partial charge in [-0.3, -0.25) is 4.79 Å². The summed E-state index contributed by atoms with van der Waals surface area (Å²) in [6.07, 6.45) is -12.6. The van der Waals surface area contributed by atoms with Crippen LogP contribution in [0.4, 0.5) is 26.3 Å². The Bertz CT molecular complexity index is 1100. The van der Waals surface area contributed by atoms with E-state index >= 15 is 0 Å². The van der Waals surface area contributed by atoms with Gasteiger partial charge in [-0.15, -0.1) is 0 Å². The number of hydrogen-bond acceptors (Lipinski definition) is 6. The number of rotatable bonds is 7. The third kappa shape index (κ3) is 5.95. The van der Waals surface area contributed by atoms with E-state index < -0.39 is 47.7 Å². The van der Waals surface area contributed by atoms with Crippen LogP contribution in [0.15, 0.2) is 35.5 Å². The molecule has 3 rings (SSSR count). The number of carboxylic acid groups (broad SMARTS) is 1. The number of aromatic nitrogens is 1. The molecule has 0 radical (unpaired) electrons. The second-order valence-corrected chi connectivity index (χ2v) is 7.50. The number of nitrogens with one attached hydrogen (secondary N) is 1. The Morgan fingerprint density at radius 1 is 1.24 bits per heavy atom. The van der Waals surface area contributed by atoms with Crippen LogP contribution < -0.4 is 10.2 Å². The van der Waals surface area contributed by atoms with Crippen LogP contribution in [0.3, 0.4) is 0 Å². The zero-order valence-corrected chi connectivity index (χ0v) is 17.8. The molecule has 0 saturated heterocycles. The van der Waals surface area contributed by atoms with Gasteiger partial charge in [0.15, 0.2) is 11.9 Å². The van der Waals surface area contributed by atoms with Crippen LogP contribution in [0, 0.1) is 6.92 Å². The fourth-order valence-electron chi connectivity index (χ4n) is 3.14. The van der Waals surface area contributed by atoms with Crippen LogP contribution in [0.1, 0.15) is 47.4 Å². The van der Waals surface area contributed by atoms with Gasteiger partial charge >= 0.3 is 18.3 Å². The largest absolute Gasteiger partial charge is 0.481 e. The fourth-order valence-corrected chi connectivity index (χ4v) is 3.14. The molecule has 1 aromatic carbocycles. The molecule has 13 heteroatoms. The zero-order valence-electron chi connectivity index (χ0n) is 17.8. The molecule has 0 spiro atoms. The number of benzene rings is 1. The Labute approximate surface area is 189 Å². The van der Waals surface area contributed by atoms with Gasteiger partial charge in [0.05, 0.1) is 5.56 Å². The number of aryl methyl sites for hydroxylation is 2. The summed E-state index contributed by atoms with van der Waals surface area (Å²) >= 11 is 0. The lowest BCUT2D eigenvalue weighted by molar-refractivity contribution is -0.190. The molecule has 1 aromatic heterocycles. The molecule has 0 fully saturated rings. The zero-order chi connectivity index (χ0) is 25.3. The highest BCUT2D eigenvalue weighted by Gasteiger charge is 2.41. The van der Waals surface area contributed by atoms with Gasteiger partial charge in [-0.05, 0) is 31.4 Å². The highest BCUT2D eigenvalue weighted by atomic mass is 19.4. The number of pyridine rings is 1. The summed E-state index contributed by atoms with van der Waals surface area (Å²) in [5.41, 5.74) is 2.59. The molecular formula is C21H19F6N3O4. The molecule has 7 nitrogen and oxygen atoms in total. The number of amidine groups is 1. The first-order valence-corrected chi connectivity index (χ1v) is 9.87. The van der Waals surface area contributed by atoms with E-state index in [0.717, 1.165) is 5.56 Å². The number of carboxylic acids is 1. The van der Waals surface area contributed by atoms with E-state index in [1.807, 2.05) is 0 Å². The summed E-state index contributed by atoms with van der Waals surface area (Å²) < 4.78 is 83.5. The average Bonchev–Trinajstić information content (AvgIpc) is 3.20. The number of hydroxylamine groups is 1. The summed E-state index contributed by atoms with van der Waals surface area (Å²) in [5, 5.41) is 8.80. The topological polar surface area (TPSA) is 93.0 Å². The maximum atomic E-state index is 13.6. The summed E-state index contributed by atoms with van der Waals surface area (Å²) in [4.78, 5) is 23.6. The monoisotopic (exact) mass is 491 g/mol. The standard InChI is InChI=1S/C21H19F6N3O4/c1-10-7-12(4-6-17(31)32)3-5-13(10)18-29-19(34-30-18)14-9-28-16(8-15(14)21(25,26)27)33-11(2)20(22,23)24/h3,5,7-9,11,19H,4,6H2,1-2H3,(H,29,30)(H,31,32). The van der Waals surface area contributed by atoms with Gasteiger partial charge in [-0.25, -0.2) is 20.3 Å². The number of nitrogens with zero attached hydrogens (tertiary/aromatic N) is 2. The van der Waals surface area contributed by atoms with Crippen molar-refractivity contribution in [3.63, 3.8) is 0 Å². The van der Waals surface area contributed by atoms with E-state index in [4.69, 9.17) is 9.94 Å². The van der Waals surface area contributed by atoms with Crippen molar-refractivity contribution in [3.8, 4) is 5.88 Å². The number of aliphatic carboxylic acids is 1. The van der Waals surface area contributed by atoms with Gasteiger partial charge < -0.3 is 9.84 Å². The van der Waals surface area contributed by atoms with Gasteiger partial charge in [0.25, 0.3) is 0 Å². The molecule has 1 aliphatic heterocycles. The first kappa shape index (κ1) is 25.3. The van der Waals surface area contributed by atoms with Crippen molar-refractivity contribution in [2.75, 3.05) is 0 Å². The van der Waals surface area contributed by atoms with Crippen LogP contribution >= 0.6 is 0 Å². The van der Waals surface area contributed by atoms with Crippen molar-refractivity contribution in [2.45, 2.75) is 51.4 Å². The van der Waals surface area contributed by atoms with Crippen LogP contribution in [-0.2, 0) is 22.2 Å². The molecule has 184 valence electrons. The predicted molar refractivity (Wildman–Crippen MR) is 106 cm³/mol. The average molecular weight is 491 g/mol. The quantitative estimate of drug-likeness (QED) is 0.544. The Hall–Kier alpha value is -3.35. The number of aliphatic imine (C=N–C) groups is 1. The molecule has 1 aliphatic rings. The number of halogens is 6. The summed E-state index contributed by atoms with van der Waals surface area (Å²) in [5.74, 6) is -1.66. The van der Waals surface area contributed by atoms with Gasteiger partial charge in [0, 0.05) is 29.8 Å². The first-order chi connectivity index (χ1) is 15.8. The summed E-state index contributed by atoms with van der Waals surface area (Å²) in [6, 6.07) is 5.39. The van der Waals surface area contributed by atoms with Crippen molar-refractivity contribution in [1.82, 2.24) is 10.5 Å². The van der Waals surface area contributed by atoms with Crippen LogP contribution in [0.5, 0.6) is 5.88 Å². The summed E-state index contributed by atoms with van der Waals surface area (Å²) in [7, 11) is 0. The van der Waals surface area contributed by atoms with Gasteiger partial charge in [-0.2, -0.15) is 26.3 Å².